The SMILES string of the molecule is CCCCn1cc(CCCCCCC(C)C)nn1. The molecule has 0 aliphatic rings. The maximum absolute atomic E-state index is 4.23. The molecule has 3 nitrogen and oxygen atoms in total. The number of aryl methyl sites for hydroxylation is 2. The van der Waals surface area contributed by atoms with Gasteiger partial charge in [0, 0.05) is 12.7 Å². The number of unbranched alkanes of at least 4 members (excludes halogenated alkanes) is 4. The second kappa shape index (κ2) is 9.12. The first kappa shape index (κ1) is 15.2. The molecule has 0 radical (unpaired) electrons. The fourth-order valence-corrected chi connectivity index (χ4v) is 2.09. The average molecular weight is 251 g/mol. The monoisotopic (exact) mass is 251 g/mol. The summed E-state index contributed by atoms with van der Waals surface area (Å²) < 4.78 is 1.98. The minimum Gasteiger partial charge on any atom is -0.252 e. The summed E-state index contributed by atoms with van der Waals surface area (Å²) in [5.74, 6) is 0.850. The van der Waals surface area contributed by atoms with E-state index >= 15 is 0 Å². The molecule has 1 heterocycles. The van der Waals surface area contributed by atoms with Gasteiger partial charge in [0.15, 0.2) is 0 Å². The van der Waals surface area contributed by atoms with Gasteiger partial charge in [0.25, 0.3) is 0 Å². The van der Waals surface area contributed by atoms with Crippen molar-refractivity contribution in [3.63, 3.8) is 0 Å². The molecule has 1 rings (SSSR count). The van der Waals surface area contributed by atoms with E-state index in [1.54, 1.807) is 0 Å². The van der Waals surface area contributed by atoms with E-state index in [4.69, 9.17) is 0 Å². The second-order valence-electron chi connectivity index (χ2n) is 5.67. The Bertz CT molecular complexity index is 304. The van der Waals surface area contributed by atoms with Crippen LogP contribution in [0.2, 0.25) is 0 Å². The predicted octanol–water partition coefficient (Wildman–Crippen LogP) is 4.23. The van der Waals surface area contributed by atoms with Crippen molar-refractivity contribution in [3.05, 3.63) is 11.9 Å². The topological polar surface area (TPSA) is 30.7 Å². The third-order valence-electron chi connectivity index (χ3n) is 3.29. The molecule has 0 atom stereocenters. The van der Waals surface area contributed by atoms with E-state index < -0.39 is 0 Å². The van der Waals surface area contributed by atoms with Crippen LogP contribution in [0.1, 0.15) is 71.4 Å². The average Bonchev–Trinajstić information content (AvgIpc) is 2.78. The van der Waals surface area contributed by atoms with Gasteiger partial charge in [0.2, 0.25) is 0 Å². The van der Waals surface area contributed by atoms with Crippen molar-refractivity contribution in [1.29, 1.82) is 0 Å². The smallest absolute Gasteiger partial charge is 0.0827 e. The largest absolute Gasteiger partial charge is 0.252 e. The minimum atomic E-state index is 0.850. The van der Waals surface area contributed by atoms with Crippen molar-refractivity contribution >= 4 is 0 Å². The van der Waals surface area contributed by atoms with Crippen LogP contribution in [0.4, 0.5) is 0 Å². The van der Waals surface area contributed by atoms with Crippen LogP contribution in [0, 0.1) is 5.92 Å². The van der Waals surface area contributed by atoms with E-state index in [2.05, 4.69) is 37.3 Å². The van der Waals surface area contributed by atoms with Gasteiger partial charge in [-0.15, -0.1) is 5.10 Å². The highest BCUT2D eigenvalue weighted by Gasteiger charge is 2.00. The first-order valence-electron chi connectivity index (χ1n) is 7.61. The van der Waals surface area contributed by atoms with Gasteiger partial charge in [0.1, 0.15) is 0 Å². The minimum absolute atomic E-state index is 0.850. The quantitative estimate of drug-likeness (QED) is 0.583. The number of nitrogens with zero attached hydrogens (tertiary/aromatic N) is 3. The van der Waals surface area contributed by atoms with E-state index in [0.29, 0.717) is 0 Å². The fourth-order valence-electron chi connectivity index (χ4n) is 2.09. The van der Waals surface area contributed by atoms with Crippen LogP contribution in [0.5, 0.6) is 0 Å². The van der Waals surface area contributed by atoms with Crippen LogP contribution in [0.3, 0.4) is 0 Å². The van der Waals surface area contributed by atoms with Crippen molar-refractivity contribution in [2.45, 2.75) is 78.7 Å². The molecule has 1 aromatic heterocycles. The van der Waals surface area contributed by atoms with E-state index in [9.17, 15) is 0 Å². The van der Waals surface area contributed by atoms with Crippen LogP contribution >= 0.6 is 0 Å². The molecule has 0 aromatic carbocycles. The Morgan fingerprint density at radius 1 is 1.11 bits per heavy atom. The molecule has 0 saturated carbocycles. The van der Waals surface area contributed by atoms with Gasteiger partial charge in [-0.1, -0.05) is 58.1 Å². The Hall–Kier alpha value is -0.860. The molecule has 0 amide bonds. The van der Waals surface area contributed by atoms with E-state index in [-0.39, 0.29) is 0 Å². The van der Waals surface area contributed by atoms with E-state index in [1.165, 1.54) is 44.9 Å². The first-order chi connectivity index (χ1) is 8.72. The lowest BCUT2D eigenvalue weighted by molar-refractivity contribution is 0.519. The lowest BCUT2D eigenvalue weighted by atomic mass is 10.0. The number of hydrogen-bond acceptors (Lipinski definition) is 2. The summed E-state index contributed by atoms with van der Waals surface area (Å²) in [6, 6.07) is 0. The maximum Gasteiger partial charge on any atom is 0.0827 e. The van der Waals surface area contributed by atoms with E-state index in [1.807, 2.05) is 4.68 Å². The predicted molar refractivity (Wildman–Crippen MR) is 76.6 cm³/mol. The summed E-state index contributed by atoms with van der Waals surface area (Å²) in [4.78, 5) is 0. The lowest BCUT2D eigenvalue weighted by Gasteiger charge is -2.03. The highest BCUT2D eigenvalue weighted by Crippen LogP contribution is 2.11. The standard InChI is InChI=1S/C15H29N3/c1-4-5-12-18-13-15(16-17-18)11-9-7-6-8-10-14(2)3/h13-14H,4-12H2,1-3H3. The molecule has 0 bridgehead atoms. The Morgan fingerprint density at radius 2 is 1.89 bits per heavy atom. The van der Waals surface area contributed by atoms with Crippen LogP contribution in [-0.4, -0.2) is 15.0 Å². The van der Waals surface area contributed by atoms with Gasteiger partial charge >= 0.3 is 0 Å². The van der Waals surface area contributed by atoms with Crippen molar-refractivity contribution in [3.8, 4) is 0 Å². The highest BCUT2D eigenvalue weighted by molar-refractivity contribution is 4.92. The van der Waals surface area contributed by atoms with Crippen molar-refractivity contribution < 1.29 is 0 Å². The Kier molecular flexibility index (Phi) is 7.70. The summed E-state index contributed by atoms with van der Waals surface area (Å²) in [6.07, 6.45) is 12.3. The maximum atomic E-state index is 4.23. The molecule has 0 fully saturated rings. The van der Waals surface area contributed by atoms with Crippen molar-refractivity contribution in [2.75, 3.05) is 0 Å². The zero-order chi connectivity index (χ0) is 13.2. The van der Waals surface area contributed by atoms with Crippen LogP contribution in [0.15, 0.2) is 6.20 Å². The number of hydrogen-bond donors (Lipinski definition) is 0. The van der Waals surface area contributed by atoms with Gasteiger partial charge in [-0.05, 0) is 25.2 Å². The molecule has 0 aliphatic carbocycles. The summed E-state index contributed by atoms with van der Waals surface area (Å²) >= 11 is 0. The Labute approximate surface area is 112 Å². The lowest BCUT2D eigenvalue weighted by Crippen LogP contribution is -1.97. The summed E-state index contributed by atoms with van der Waals surface area (Å²) in [5, 5.41) is 8.39. The van der Waals surface area contributed by atoms with Crippen molar-refractivity contribution in [1.82, 2.24) is 15.0 Å². The van der Waals surface area contributed by atoms with Crippen LogP contribution in [0.25, 0.3) is 0 Å². The first-order valence-corrected chi connectivity index (χ1v) is 7.61. The molecule has 104 valence electrons. The van der Waals surface area contributed by atoms with Crippen molar-refractivity contribution in [2.24, 2.45) is 5.92 Å². The molecule has 0 N–H and O–H groups in total. The third-order valence-corrected chi connectivity index (χ3v) is 3.29. The molecular formula is C15H29N3. The molecule has 0 aliphatic heterocycles. The summed E-state index contributed by atoms with van der Waals surface area (Å²) in [5.41, 5.74) is 1.16. The van der Waals surface area contributed by atoms with Gasteiger partial charge in [-0.2, -0.15) is 0 Å². The molecule has 1 aromatic rings. The molecule has 18 heavy (non-hydrogen) atoms. The zero-order valence-electron chi connectivity index (χ0n) is 12.4. The highest BCUT2D eigenvalue weighted by atomic mass is 15.4. The molecule has 3 heteroatoms. The molecule has 0 spiro atoms. The fraction of sp³-hybridized carbons (Fsp3) is 0.867. The Balaban J connectivity index is 2.06. The molecule has 0 unspecified atom stereocenters. The normalized spacial score (nSPS) is 11.3. The zero-order valence-corrected chi connectivity index (χ0v) is 12.4. The van der Waals surface area contributed by atoms with Gasteiger partial charge < -0.3 is 0 Å². The third kappa shape index (κ3) is 6.77. The molecule has 0 saturated heterocycles. The van der Waals surface area contributed by atoms with Gasteiger partial charge in [-0.3, -0.25) is 4.68 Å². The second-order valence-corrected chi connectivity index (χ2v) is 5.67. The summed E-state index contributed by atoms with van der Waals surface area (Å²) in [6.45, 7) is 7.82. The number of rotatable bonds is 10. The van der Waals surface area contributed by atoms with Crippen LogP contribution in [-0.2, 0) is 13.0 Å². The number of aromatic nitrogens is 3. The van der Waals surface area contributed by atoms with E-state index in [0.717, 1.165) is 24.6 Å². The molecular weight excluding hydrogens is 222 g/mol. The van der Waals surface area contributed by atoms with Gasteiger partial charge in [-0.25, -0.2) is 0 Å². The van der Waals surface area contributed by atoms with Crippen LogP contribution < -0.4 is 0 Å². The Morgan fingerprint density at radius 3 is 2.61 bits per heavy atom. The van der Waals surface area contributed by atoms with Gasteiger partial charge in [0.05, 0.1) is 5.69 Å². The summed E-state index contributed by atoms with van der Waals surface area (Å²) in [7, 11) is 0.